The van der Waals surface area contributed by atoms with Crippen LogP contribution in [0.1, 0.15) is 6.92 Å². The van der Waals surface area contributed by atoms with Gasteiger partial charge in [-0.15, -0.1) is 0 Å². The number of aromatic nitrogens is 1. The maximum atomic E-state index is 4.41. The smallest absolute Gasteiger partial charge is 0.128 e. The van der Waals surface area contributed by atoms with Gasteiger partial charge in [-0.3, -0.25) is 0 Å². The second kappa shape index (κ2) is 4.94. The van der Waals surface area contributed by atoms with Crippen LogP contribution >= 0.6 is 15.9 Å². The summed E-state index contributed by atoms with van der Waals surface area (Å²) in [5.41, 5.74) is 0. The highest BCUT2D eigenvalue weighted by Gasteiger charge is 2.16. The number of piperazine rings is 1. The monoisotopic (exact) mass is 269 g/mol. The highest BCUT2D eigenvalue weighted by Crippen LogP contribution is 2.16. The Kier molecular flexibility index (Phi) is 3.59. The van der Waals surface area contributed by atoms with E-state index in [1.165, 1.54) is 0 Å². The second-order valence-corrected chi connectivity index (χ2v) is 4.67. The van der Waals surface area contributed by atoms with E-state index in [0.29, 0.717) is 0 Å². The number of hydrogen-bond acceptors (Lipinski definition) is 3. The molecule has 2 heterocycles. The zero-order valence-electron chi connectivity index (χ0n) is 8.99. The lowest BCUT2D eigenvalue weighted by atomic mass is 10.3. The van der Waals surface area contributed by atoms with Crippen LogP contribution in [0.3, 0.4) is 0 Å². The van der Waals surface area contributed by atoms with Crippen LogP contribution in [0.2, 0.25) is 0 Å². The molecule has 2 rings (SSSR count). The van der Waals surface area contributed by atoms with Crippen molar-refractivity contribution >= 4 is 21.7 Å². The fourth-order valence-corrected chi connectivity index (χ4v) is 2.08. The van der Waals surface area contributed by atoms with Crippen molar-refractivity contribution in [2.75, 3.05) is 37.6 Å². The van der Waals surface area contributed by atoms with E-state index < -0.39 is 0 Å². The Hall–Kier alpha value is -0.610. The normalized spacial score (nSPS) is 18.1. The molecule has 0 aliphatic carbocycles. The zero-order valence-corrected chi connectivity index (χ0v) is 10.6. The molecule has 0 unspecified atom stereocenters. The van der Waals surface area contributed by atoms with Crippen LogP contribution in [0.15, 0.2) is 22.8 Å². The molecule has 0 amide bonds. The van der Waals surface area contributed by atoms with Crippen molar-refractivity contribution in [3.05, 3.63) is 22.8 Å². The highest BCUT2D eigenvalue weighted by atomic mass is 79.9. The summed E-state index contributed by atoms with van der Waals surface area (Å²) in [4.78, 5) is 9.23. The molecule has 0 spiro atoms. The molecule has 4 heteroatoms. The van der Waals surface area contributed by atoms with Crippen molar-refractivity contribution in [3.8, 4) is 0 Å². The van der Waals surface area contributed by atoms with E-state index in [1.807, 2.05) is 6.20 Å². The van der Waals surface area contributed by atoms with Gasteiger partial charge >= 0.3 is 0 Å². The first-order valence-corrected chi connectivity index (χ1v) is 6.17. The molecule has 3 nitrogen and oxygen atoms in total. The fraction of sp³-hybridized carbons (Fsp3) is 0.545. The van der Waals surface area contributed by atoms with Gasteiger partial charge in [0.2, 0.25) is 0 Å². The Morgan fingerprint density at radius 3 is 2.53 bits per heavy atom. The van der Waals surface area contributed by atoms with E-state index in [9.17, 15) is 0 Å². The molecule has 1 saturated heterocycles. The molecule has 0 radical (unpaired) electrons. The first-order chi connectivity index (χ1) is 7.29. The maximum absolute atomic E-state index is 4.41. The number of pyridine rings is 1. The summed E-state index contributed by atoms with van der Waals surface area (Å²) in [5.74, 6) is 1.09. The Labute approximate surface area is 99.2 Å². The summed E-state index contributed by atoms with van der Waals surface area (Å²) < 4.78 is 1.04. The summed E-state index contributed by atoms with van der Waals surface area (Å²) in [6.45, 7) is 7.84. The molecule has 0 atom stereocenters. The lowest BCUT2D eigenvalue weighted by molar-refractivity contribution is 0.270. The molecule has 0 aromatic carbocycles. The minimum Gasteiger partial charge on any atom is -0.354 e. The maximum Gasteiger partial charge on any atom is 0.128 e. The average Bonchev–Trinajstić information content (AvgIpc) is 2.30. The lowest BCUT2D eigenvalue weighted by Gasteiger charge is -2.34. The SMILES string of the molecule is CCN1CCN(c2ccc(Br)cn2)CC1. The van der Waals surface area contributed by atoms with Crippen LogP contribution in [0.25, 0.3) is 0 Å². The summed E-state index contributed by atoms with van der Waals surface area (Å²) in [5, 5.41) is 0. The van der Waals surface area contributed by atoms with Gasteiger partial charge in [0.25, 0.3) is 0 Å². The lowest BCUT2D eigenvalue weighted by Crippen LogP contribution is -2.46. The average molecular weight is 270 g/mol. The second-order valence-electron chi connectivity index (χ2n) is 3.76. The third-order valence-corrected chi connectivity index (χ3v) is 3.32. The summed E-state index contributed by atoms with van der Waals surface area (Å²) >= 11 is 3.40. The molecular formula is C11H16BrN3. The number of rotatable bonds is 2. The molecule has 0 N–H and O–H groups in total. The van der Waals surface area contributed by atoms with Crippen LogP contribution in [-0.2, 0) is 0 Å². The molecule has 1 aromatic rings. The topological polar surface area (TPSA) is 19.4 Å². The Morgan fingerprint density at radius 2 is 2.00 bits per heavy atom. The molecule has 1 fully saturated rings. The Balaban J connectivity index is 1.98. The van der Waals surface area contributed by atoms with Gasteiger partial charge in [-0.1, -0.05) is 6.92 Å². The molecule has 1 aromatic heterocycles. The third kappa shape index (κ3) is 2.69. The van der Waals surface area contributed by atoms with Gasteiger partial charge in [-0.05, 0) is 34.6 Å². The summed E-state index contributed by atoms with van der Waals surface area (Å²) in [7, 11) is 0. The predicted molar refractivity (Wildman–Crippen MR) is 66.3 cm³/mol. The van der Waals surface area contributed by atoms with Crippen LogP contribution in [0, 0.1) is 0 Å². The molecule has 82 valence electrons. The van der Waals surface area contributed by atoms with Crippen molar-refractivity contribution in [3.63, 3.8) is 0 Å². The molecule has 1 aliphatic rings. The predicted octanol–water partition coefficient (Wildman–Crippen LogP) is 1.99. The van der Waals surface area contributed by atoms with Crippen molar-refractivity contribution < 1.29 is 0 Å². The first kappa shape index (κ1) is 10.9. The van der Waals surface area contributed by atoms with Gasteiger partial charge < -0.3 is 9.80 Å². The van der Waals surface area contributed by atoms with Crippen molar-refractivity contribution in [2.45, 2.75) is 6.92 Å². The summed E-state index contributed by atoms with van der Waals surface area (Å²) in [6, 6.07) is 4.13. The van der Waals surface area contributed by atoms with Gasteiger partial charge in [0.05, 0.1) is 0 Å². The van der Waals surface area contributed by atoms with Gasteiger partial charge in [0.15, 0.2) is 0 Å². The first-order valence-electron chi connectivity index (χ1n) is 5.38. The van der Waals surface area contributed by atoms with E-state index in [-0.39, 0.29) is 0 Å². The zero-order chi connectivity index (χ0) is 10.7. The Bertz CT molecular complexity index is 304. The van der Waals surface area contributed by atoms with Crippen LogP contribution in [-0.4, -0.2) is 42.6 Å². The standard InChI is InChI=1S/C11H16BrN3/c1-2-14-5-7-15(8-6-14)11-4-3-10(12)9-13-11/h3-4,9H,2,5-8H2,1H3. The van der Waals surface area contributed by atoms with Gasteiger partial charge in [0, 0.05) is 36.8 Å². The molecular weight excluding hydrogens is 254 g/mol. The van der Waals surface area contributed by atoms with E-state index >= 15 is 0 Å². The number of hydrogen-bond donors (Lipinski definition) is 0. The van der Waals surface area contributed by atoms with Crippen LogP contribution in [0.5, 0.6) is 0 Å². The van der Waals surface area contributed by atoms with E-state index in [0.717, 1.165) is 43.0 Å². The van der Waals surface area contributed by atoms with Crippen molar-refractivity contribution in [2.24, 2.45) is 0 Å². The number of nitrogens with zero attached hydrogens (tertiary/aromatic N) is 3. The molecule has 0 bridgehead atoms. The molecule has 0 saturated carbocycles. The minimum absolute atomic E-state index is 1.04. The quantitative estimate of drug-likeness (QED) is 0.819. The molecule has 15 heavy (non-hydrogen) atoms. The molecule has 1 aliphatic heterocycles. The number of halogens is 1. The largest absolute Gasteiger partial charge is 0.354 e. The van der Waals surface area contributed by atoms with E-state index in [2.05, 4.69) is 49.8 Å². The highest BCUT2D eigenvalue weighted by molar-refractivity contribution is 9.10. The number of anilines is 1. The van der Waals surface area contributed by atoms with Crippen LogP contribution < -0.4 is 4.90 Å². The van der Waals surface area contributed by atoms with E-state index in [1.54, 1.807) is 0 Å². The van der Waals surface area contributed by atoms with Gasteiger partial charge in [0.1, 0.15) is 5.82 Å². The number of likely N-dealkylation sites (N-methyl/N-ethyl adjacent to an activating group) is 1. The van der Waals surface area contributed by atoms with Gasteiger partial charge in [-0.25, -0.2) is 4.98 Å². The van der Waals surface area contributed by atoms with Crippen LogP contribution in [0.4, 0.5) is 5.82 Å². The summed E-state index contributed by atoms with van der Waals surface area (Å²) in [6.07, 6.45) is 1.86. The minimum atomic E-state index is 1.04. The third-order valence-electron chi connectivity index (χ3n) is 2.86. The van der Waals surface area contributed by atoms with Crippen molar-refractivity contribution in [1.29, 1.82) is 0 Å². The van der Waals surface area contributed by atoms with E-state index in [4.69, 9.17) is 0 Å². The van der Waals surface area contributed by atoms with Gasteiger partial charge in [-0.2, -0.15) is 0 Å². The fourth-order valence-electron chi connectivity index (χ4n) is 1.85. The Morgan fingerprint density at radius 1 is 1.27 bits per heavy atom. The van der Waals surface area contributed by atoms with Crippen molar-refractivity contribution in [1.82, 2.24) is 9.88 Å².